The summed E-state index contributed by atoms with van der Waals surface area (Å²) in [6, 6.07) is 0. The molecule has 0 aliphatic heterocycles. The summed E-state index contributed by atoms with van der Waals surface area (Å²) < 4.78 is 12.5. The maximum atomic E-state index is 6.34. The van der Waals surface area contributed by atoms with E-state index in [-0.39, 0.29) is 11.2 Å². The summed E-state index contributed by atoms with van der Waals surface area (Å²) in [5.74, 6) is 0. The molecule has 0 rings (SSSR count). The summed E-state index contributed by atoms with van der Waals surface area (Å²) in [5.41, 5.74) is 11.2. The first kappa shape index (κ1) is 21.8. The van der Waals surface area contributed by atoms with Gasteiger partial charge in [-0.25, -0.2) is 0 Å². The molecule has 0 saturated carbocycles. The first-order valence-corrected chi connectivity index (χ1v) is 9.25. The highest BCUT2D eigenvalue weighted by Gasteiger charge is 2.30. The molecule has 0 aromatic heterocycles. The first-order valence-electron chi connectivity index (χ1n) is 9.25. The standard InChI is InChI=1S/C18H40N2O2/c1-5-17(6-2,11-9-13-19)22-16-12-18(7-3,8-4)21-15-10-14-20/h5-16,19-20H2,1-4H3. The van der Waals surface area contributed by atoms with E-state index in [1.54, 1.807) is 0 Å². The van der Waals surface area contributed by atoms with E-state index in [0.29, 0.717) is 6.54 Å². The van der Waals surface area contributed by atoms with Crippen LogP contribution in [0.15, 0.2) is 0 Å². The van der Waals surface area contributed by atoms with Gasteiger partial charge in [0.25, 0.3) is 0 Å². The van der Waals surface area contributed by atoms with E-state index in [2.05, 4.69) is 27.7 Å². The van der Waals surface area contributed by atoms with Crippen molar-refractivity contribution in [1.29, 1.82) is 0 Å². The molecule has 0 aromatic carbocycles. The van der Waals surface area contributed by atoms with Crippen LogP contribution in [0.1, 0.15) is 79.1 Å². The van der Waals surface area contributed by atoms with E-state index in [1.165, 1.54) is 0 Å². The van der Waals surface area contributed by atoms with Crippen LogP contribution in [0.3, 0.4) is 0 Å². The molecule has 0 heterocycles. The molecule has 0 amide bonds. The third-order valence-corrected chi connectivity index (χ3v) is 5.14. The van der Waals surface area contributed by atoms with Gasteiger partial charge >= 0.3 is 0 Å². The van der Waals surface area contributed by atoms with E-state index in [9.17, 15) is 0 Å². The zero-order valence-corrected chi connectivity index (χ0v) is 15.5. The Hall–Kier alpha value is -0.160. The quantitative estimate of drug-likeness (QED) is 0.453. The van der Waals surface area contributed by atoms with E-state index >= 15 is 0 Å². The molecular weight excluding hydrogens is 276 g/mol. The second-order valence-corrected chi connectivity index (χ2v) is 6.26. The largest absolute Gasteiger partial charge is 0.375 e. The molecule has 0 spiro atoms. The van der Waals surface area contributed by atoms with Gasteiger partial charge in [0.1, 0.15) is 0 Å². The molecule has 0 saturated heterocycles. The molecule has 4 nitrogen and oxygen atoms in total. The fourth-order valence-electron chi connectivity index (χ4n) is 3.01. The van der Waals surface area contributed by atoms with Crippen molar-refractivity contribution in [3.8, 4) is 0 Å². The van der Waals surface area contributed by atoms with Crippen molar-refractivity contribution >= 4 is 0 Å². The Labute approximate surface area is 138 Å². The highest BCUT2D eigenvalue weighted by atomic mass is 16.5. The molecule has 0 unspecified atom stereocenters. The molecule has 134 valence electrons. The monoisotopic (exact) mass is 316 g/mol. The summed E-state index contributed by atoms with van der Waals surface area (Å²) in [4.78, 5) is 0. The predicted molar refractivity (Wildman–Crippen MR) is 95.1 cm³/mol. The molecule has 0 bridgehead atoms. The fourth-order valence-corrected chi connectivity index (χ4v) is 3.01. The fraction of sp³-hybridized carbons (Fsp3) is 1.00. The molecule has 0 atom stereocenters. The molecule has 0 aliphatic rings. The van der Waals surface area contributed by atoms with Crippen molar-refractivity contribution < 1.29 is 9.47 Å². The zero-order valence-electron chi connectivity index (χ0n) is 15.5. The Balaban J connectivity index is 4.49. The lowest BCUT2D eigenvalue weighted by atomic mass is 9.90. The van der Waals surface area contributed by atoms with Gasteiger partial charge in [-0.15, -0.1) is 0 Å². The van der Waals surface area contributed by atoms with Crippen molar-refractivity contribution in [2.75, 3.05) is 26.3 Å². The number of hydrogen-bond donors (Lipinski definition) is 2. The average Bonchev–Trinajstić information content (AvgIpc) is 2.57. The normalized spacial score (nSPS) is 12.8. The Bertz CT molecular complexity index is 251. The Morgan fingerprint density at radius 1 is 0.636 bits per heavy atom. The molecule has 0 fully saturated rings. The summed E-state index contributed by atoms with van der Waals surface area (Å²) >= 11 is 0. The van der Waals surface area contributed by atoms with Gasteiger partial charge in [0.15, 0.2) is 0 Å². The van der Waals surface area contributed by atoms with Crippen LogP contribution in [0.5, 0.6) is 0 Å². The average molecular weight is 317 g/mol. The van der Waals surface area contributed by atoms with E-state index < -0.39 is 0 Å². The van der Waals surface area contributed by atoms with Crippen LogP contribution >= 0.6 is 0 Å². The Kier molecular flexibility index (Phi) is 12.2. The van der Waals surface area contributed by atoms with Crippen molar-refractivity contribution in [3.05, 3.63) is 0 Å². The van der Waals surface area contributed by atoms with Gasteiger partial charge in [0.05, 0.1) is 17.8 Å². The summed E-state index contributed by atoms with van der Waals surface area (Å²) in [6.45, 7) is 11.8. The Morgan fingerprint density at radius 2 is 1.09 bits per heavy atom. The molecule has 4 N–H and O–H groups in total. The van der Waals surface area contributed by atoms with Gasteiger partial charge in [0, 0.05) is 6.61 Å². The number of rotatable bonds is 15. The molecule has 0 aliphatic carbocycles. The van der Waals surface area contributed by atoms with E-state index in [4.69, 9.17) is 20.9 Å². The van der Waals surface area contributed by atoms with Crippen LogP contribution in [0, 0.1) is 0 Å². The highest BCUT2D eigenvalue weighted by Crippen LogP contribution is 2.30. The smallest absolute Gasteiger partial charge is 0.0699 e. The Morgan fingerprint density at radius 3 is 1.55 bits per heavy atom. The highest BCUT2D eigenvalue weighted by molar-refractivity contribution is 4.81. The second kappa shape index (κ2) is 12.3. The van der Waals surface area contributed by atoms with Crippen molar-refractivity contribution in [1.82, 2.24) is 0 Å². The van der Waals surface area contributed by atoms with Crippen LogP contribution in [0.25, 0.3) is 0 Å². The first-order chi connectivity index (χ1) is 10.6. The van der Waals surface area contributed by atoms with Crippen molar-refractivity contribution in [2.24, 2.45) is 11.5 Å². The van der Waals surface area contributed by atoms with Gasteiger partial charge in [-0.2, -0.15) is 0 Å². The van der Waals surface area contributed by atoms with E-state index in [0.717, 1.165) is 71.1 Å². The van der Waals surface area contributed by atoms with Gasteiger partial charge in [0.2, 0.25) is 0 Å². The van der Waals surface area contributed by atoms with Gasteiger partial charge in [-0.3, -0.25) is 0 Å². The molecule has 22 heavy (non-hydrogen) atoms. The van der Waals surface area contributed by atoms with Crippen LogP contribution in [0.4, 0.5) is 0 Å². The zero-order chi connectivity index (χ0) is 16.9. The third kappa shape index (κ3) is 7.40. The lowest BCUT2D eigenvalue weighted by molar-refractivity contribution is -0.106. The van der Waals surface area contributed by atoms with Crippen LogP contribution in [0.2, 0.25) is 0 Å². The molecule has 4 heteroatoms. The third-order valence-electron chi connectivity index (χ3n) is 5.14. The minimum atomic E-state index is -0.0593. The maximum Gasteiger partial charge on any atom is 0.0699 e. The van der Waals surface area contributed by atoms with E-state index in [1.807, 2.05) is 0 Å². The molecular formula is C18H40N2O2. The summed E-state index contributed by atoms with van der Waals surface area (Å²) in [7, 11) is 0. The minimum Gasteiger partial charge on any atom is -0.375 e. The molecule has 0 radical (unpaired) electrons. The SMILES string of the molecule is CCC(CC)(CCCN)OCCC(CC)(CC)OCCCN. The lowest BCUT2D eigenvalue weighted by Gasteiger charge is -2.36. The van der Waals surface area contributed by atoms with Crippen LogP contribution < -0.4 is 11.5 Å². The number of nitrogens with two attached hydrogens (primary N) is 2. The summed E-state index contributed by atoms with van der Waals surface area (Å²) in [5, 5.41) is 0. The van der Waals surface area contributed by atoms with Crippen LogP contribution in [-0.2, 0) is 9.47 Å². The van der Waals surface area contributed by atoms with Crippen molar-refractivity contribution in [2.45, 2.75) is 90.3 Å². The predicted octanol–water partition coefficient (Wildman–Crippen LogP) is 3.62. The second-order valence-electron chi connectivity index (χ2n) is 6.26. The maximum absolute atomic E-state index is 6.34. The number of ether oxygens (including phenoxy) is 2. The van der Waals surface area contributed by atoms with Crippen LogP contribution in [-0.4, -0.2) is 37.5 Å². The van der Waals surface area contributed by atoms with Gasteiger partial charge in [-0.05, 0) is 64.5 Å². The minimum absolute atomic E-state index is 0.0101. The van der Waals surface area contributed by atoms with Crippen molar-refractivity contribution in [3.63, 3.8) is 0 Å². The topological polar surface area (TPSA) is 70.5 Å². The summed E-state index contributed by atoms with van der Waals surface area (Å²) in [6.07, 6.45) is 8.08. The van der Waals surface area contributed by atoms with Gasteiger partial charge in [-0.1, -0.05) is 27.7 Å². The lowest BCUT2D eigenvalue weighted by Crippen LogP contribution is -2.37. The van der Waals surface area contributed by atoms with Gasteiger partial charge < -0.3 is 20.9 Å². The number of hydrogen-bond acceptors (Lipinski definition) is 4. The molecule has 0 aromatic rings.